The summed E-state index contributed by atoms with van der Waals surface area (Å²) in [5, 5.41) is 8.95. The van der Waals surface area contributed by atoms with Gasteiger partial charge in [-0.15, -0.1) is 10.2 Å². The lowest BCUT2D eigenvalue weighted by Crippen LogP contribution is -2.16. The number of fused-ring (bicyclic) bond motifs is 3. The maximum atomic E-state index is 6.16. The van der Waals surface area contributed by atoms with E-state index in [2.05, 4.69) is 46.3 Å². The first kappa shape index (κ1) is 15.1. The number of azo groups is 1. The van der Waals surface area contributed by atoms with Crippen LogP contribution in [0.5, 0.6) is 5.75 Å². The summed E-state index contributed by atoms with van der Waals surface area (Å²) in [5.41, 5.74) is 7.39. The van der Waals surface area contributed by atoms with Crippen LogP contribution in [0.25, 0.3) is 0 Å². The Morgan fingerprint density at radius 3 is 2.15 bits per heavy atom. The molecule has 0 aliphatic carbocycles. The maximum Gasteiger partial charge on any atom is 0.146 e. The molecule has 0 atom stereocenters. The van der Waals surface area contributed by atoms with Gasteiger partial charge in [0, 0.05) is 0 Å². The summed E-state index contributed by atoms with van der Waals surface area (Å²) in [6.45, 7) is 2.92. The largest absolute Gasteiger partial charge is 0.491 e. The third-order valence-electron chi connectivity index (χ3n) is 5.04. The topological polar surface area (TPSA) is 37.2 Å². The molecular weight excluding hydrogens is 322 g/mol. The molecule has 0 fully saturated rings. The molecule has 0 radical (unpaired) electrons. The van der Waals surface area contributed by atoms with Gasteiger partial charge in [-0.05, 0) is 61.2 Å². The van der Waals surface area contributed by atoms with Gasteiger partial charge in [-0.25, -0.2) is 0 Å². The molecule has 4 nitrogen and oxygen atoms in total. The summed E-state index contributed by atoms with van der Waals surface area (Å²) >= 11 is 0. The fraction of sp³-hybridized carbons (Fsp3) is 0.182. The average molecular weight is 341 g/mol. The molecule has 0 saturated heterocycles. The number of anilines is 3. The van der Waals surface area contributed by atoms with Crippen molar-refractivity contribution in [2.75, 3.05) is 11.5 Å². The minimum atomic E-state index is 0.759. The number of para-hydroxylation sites is 2. The second-order valence-electron chi connectivity index (χ2n) is 6.67. The second kappa shape index (κ2) is 5.99. The normalized spacial score (nSPS) is 14.7. The molecule has 128 valence electrons. The minimum absolute atomic E-state index is 0.759. The van der Waals surface area contributed by atoms with Gasteiger partial charge in [0.1, 0.15) is 17.1 Å². The molecule has 0 unspecified atom stereocenters. The smallest absolute Gasteiger partial charge is 0.146 e. The van der Waals surface area contributed by atoms with Crippen LogP contribution in [-0.2, 0) is 6.42 Å². The van der Waals surface area contributed by atoms with E-state index in [1.54, 1.807) is 0 Å². The summed E-state index contributed by atoms with van der Waals surface area (Å²) in [7, 11) is 0. The summed E-state index contributed by atoms with van der Waals surface area (Å²) in [4.78, 5) is 2.23. The van der Waals surface area contributed by atoms with Crippen LogP contribution in [0.1, 0.15) is 17.5 Å². The van der Waals surface area contributed by atoms with Crippen LogP contribution in [0.2, 0.25) is 0 Å². The number of hydrogen-bond donors (Lipinski definition) is 0. The van der Waals surface area contributed by atoms with Crippen molar-refractivity contribution in [3.63, 3.8) is 0 Å². The fourth-order valence-electron chi connectivity index (χ4n) is 3.76. The second-order valence-corrected chi connectivity index (χ2v) is 6.67. The molecule has 3 aromatic rings. The monoisotopic (exact) mass is 341 g/mol. The van der Waals surface area contributed by atoms with Crippen molar-refractivity contribution in [1.29, 1.82) is 0 Å². The van der Waals surface area contributed by atoms with E-state index in [-0.39, 0.29) is 0 Å². The van der Waals surface area contributed by atoms with Crippen LogP contribution < -0.4 is 9.64 Å². The molecule has 2 aliphatic rings. The van der Waals surface area contributed by atoms with Crippen molar-refractivity contribution in [2.45, 2.75) is 19.8 Å². The van der Waals surface area contributed by atoms with Crippen LogP contribution in [-0.4, -0.2) is 6.61 Å². The molecule has 2 heterocycles. The zero-order chi connectivity index (χ0) is 17.5. The van der Waals surface area contributed by atoms with E-state index in [1.165, 1.54) is 11.1 Å². The Morgan fingerprint density at radius 2 is 1.46 bits per heavy atom. The standard InChI is InChI=1S/C22H19N3O/c1-15-12-13-21(22-16(15)7-6-14-26-22)25-19-10-4-2-8-17(19)23-24-18-9-3-5-11-20(18)25/h2-5,8-13H,6-7,14H2,1H3. The number of rotatable bonds is 1. The van der Waals surface area contributed by atoms with E-state index < -0.39 is 0 Å². The van der Waals surface area contributed by atoms with Gasteiger partial charge in [-0.3, -0.25) is 0 Å². The molecule has 2 aliphatic heterocycles. The third-order valence-corrected chi connectivity index (χ3v) is 5.04. The van der Waals surface area contributed by atoms with Gasteiger partial charge >= 0.3 is 0 Å². The summed E-state index contributed by atoms with van der Waals surface area (Å²) in [6, 6.07) is 20.6. The Hall–Kier alpha value is -3.14. The number of aryl methyl sites for hydroxylation is 1. The Balaban J connectivity index is 1.81. The summed E-state index contributed by atoms with van der Waals surface area (Å²) < 4.78 is 6.16. The van der Waals surface area contributed by atoms with Gasteiger partial charge < -0.3 is 9.64 Å². The van der Waals surface area contributed by atoms with Gasteiger partial charge in [-0.2, -0.15) is 0 Å². The molecule has 4 heteroatoms. The lowest BCUT2D eigenvalue weighted by Gasteiger charge is -2.30. The predicted molar refractivity (Wildman–Crippen MR) is 104 cm³/mol. The minimum Gasteiger partial charge on any atom is -0.491 e. The van der Waals surface area contributed by atoms with Crippen LogP contribution in [0.3, 0.4) is 0 Å². The van der Waals surface area contributed by atoms with E-state index in [4.69, 9.17) is 4.74 Å². The fourth-order valence-corrected chi connectivity index (χ4v) is 3.76. The Kier molecular flexibility index (Phi) is 3.49. The average Bonchev–Trinajstić information content (AvgIpc) is 2.86. The van der Waals surface area contributed by atoms with E-state index in [9.17, 15) is 0 Å². The first-order valence-electron chi connectivity index (χ1n) is 8.98. The number of hydrogen-bond acceptors (Lipinski definition) is 4. The summed E-state index contributed by atoms with van der Waals surface area (Å²) in [5.74, 6) is 0.989. The number of benzene rings is 3. The van der Waals surface area contributed by atoms with Crippen molar-refractivity contribution < 1.29 is 4.74 Å². The highest BCUT2D eigenvalue weighted by Crippen LogP contribution is 2.50. The van der Waals surface area contributed by atoms with Crippen molar-refractivity contribution in [3.8, 4) is 5.75 Å². The lowest BCUT2D eigenvalue weighted by atomic mass is 9.98. The van der Waals surface area contributed by atoms with E-state index in [0.717, 1.165) is 53.6 Å². The molecule has 0 aromatic heterocycles. The highest BCUT2D eigenvalue weighted by atomic mass is 16.5. The van der Waals surface area contributed by atoms with E-state index in [0.29, 0.717) is 0 Å². The first-order valence-corrected chi connectivity index (χ1v) is 8.98. The highest BCUT2D eigenvalue weighted by Gasteiger charge is 2.26. The van der Waals surface area contributed by atoms with Gasteiger partial charge in [0.25, 0.3) is 0 Å². The molecule has 0 amide bonds. The molecular formula is C22H19N3O. The third kappa shape index (κ3) is 2.30. The van der Waals surface area contributed by atoms with Crippen LogP contribution in [0.4, 0.5) is 28.4 Å². The molecule has 5 rings (SSSR count). The van der Waals surface area contributed by atoms with Crippen molar-refractivity contribution in [2.24, 2.45) is 10.2 Å². The van der Waals surface area contributed by atoms with E-state index >= 15 is 0 Å². The zero-order valence-corrected chi connectivity index (χ0v) is 14.6. The Labute approximate surface area is 152 Å². The van der Waals surface area contributed by atoms with Crippen molar-refractivity contribution in [3.05, 3.63) is 71.8 Å². The van der Waals surface area contributed by atoms with Gasteiger partial charge in [-0.1, -0.05) is 30.3 Å². The SMILES string of the molecule is Cc1ccc(N2c3ccccc3N=Nc3ccccc32)c2c1CCCO2. The lowest BCUT2D eigenvalue weighted by molar-refractivity contribution is 0.289. The molecule has 0 spiro atoms. The van der Waals surface area contributed by atoms with Crippen molar-refractivity contribution >= 4 is 28.4 Å². The quantitative estimate of drug-likeness (QED) is 0.395. The van der Waals surface area contributed by atoms with Crippen LogP contribution in [0.15, 0.2) is 70.9 Å². The molecule has 26 heavy (non-hydrogen) atoms. The maximum absolute atomic E-state index is 6.16. The number of ether oxygens (including phenoxy) is 1. The first-order chi connectivity index (χ1) is 12.8. The predicted octanol–water partition coefficient (Wildman–Crippen LogP) is 6.52. The van der Waals surface area contributed by atoms with Crippen LogP contribution in [0, 0.1) is 6.92 Å². The molecule has 0 bridgehead atoms. The van der Waals surface area contributed by atoms with Crippen molar-refractivity contribution in [1.82, 2.24) is 0 Å². The molecule has 0 N–H and O–H groups in total. The highest BCUT2D eigenvalue weighted by molar-refractivity contribution is 5.91. The van der Waals surface area contributed by atoms with Gasteiger partial charge in [0.05, 0.1) is 23.7 Å². The number of nitrogens with zero attached hydrogens (tertiary/aromatic N) is 3. The van der Waals surface area contributed by atoms with Gasteiger partial charge in [0.2, 0.25) is 0 Å². The van der Waals surface area contributed by atoms with E-state index in [1.807, 2.05) is 36.4 Å². The molecule has 0 saturated carbocycles. The summed E-state index contributed by atoms with van der Waals surface area (Å²) in [6.07, 6.45) is 2.12. The van der Waals surface area contributed by atoms with Gasteiger partial charge in [0.15, 0.2) is 0 Å². The zero-order valence-electron chi connectivity index (χ0n) is 14.6. The van der Waals surface area contributed by atoms with Crippen LogP contribution >= 0.6 is 0 Å². The Bertz CT molecular complexity index is 976. The Morgan fingerprint density at radius 1 is 0.808 bits per heavy atom. The molecule has 3 aromatic carbocycles.